The fourth-order valence-electron chi connectivity index (χ4n) is 0.850. The van der Waals surface area contributed by atoms with Gasteiger partial charge in [0.05, 0.1) is 10.6 Å². The molecule has 90 valence electrons. The lowest BCUT2D eigenvalue weighted by Crippen LogP contribution is -2.23. The number of benzene rings is 1. The molecule has 0 aliphatic rings. The second-order valence-electron chi connectivity index (χ2n) is 2.75. The van der Waals surface area contributed by atoms with Crippen molar-refractivity contribution in [1.29, 1.82) is 0 Å². The van der Waals surface area contributed by atoms with Crippen molar-refractivity contribution in [2.24, 2.45) is 0 Å². The average molecular weight is 383 g/mol. The van der Waals surface area contributed by atoms with Crippen molar-refractivity contribution in [1.82, 2.24) is 0 Å². The maximum Gasteiger partial charge on any atom is 0.501 e. The van der Waals surface area contributed by atoms with E-state index in [4.69, 9.17) is 5.73 Å². The van der Waals surface area contributed by atoms with Crippen LogP contribution in [0.5, 0.6) is 0 Å². The molecule has 0 aromatic heterocycles. The van der Waals surface area contributed by atoms with Crippen LogP contribution in [-0.4, -0.2) is 13.9 Å². The maximum absolute atomic E-state index is 12.2. The molecule has 0 spiro atoms. The monoisotopic (exact) mass is 381 g/mol. The molecular formula is C7H4Br2F3NO2S. The normalized spacial score (nSPS) is 12.8. The number of alkyl halides is 3. The van der Waals surface area contributed by atoms with E-state index in [1.165, 1.54) is 0 Å². The molecule has 0 saturated heterocycles. The molecule has 1 aromatic rings. The van der Waals surface area contributed by atoms with E-state index >= 15 is 0 Å². The Bertz CT molecular complexity index is 504. The Kier molecular flexibility index (Phi) is 3.61. The van der Waals surface area contributed by atoms with Crippen molar-refractivity contribution in [3.8, 4) is 0 Å². The second-order valence-corrected chi connectivity index (χ2v) is 6.40. The molecule has 1 rings (SSSR count). The lowest BCUT2D eigenvalue weighted by molar-refractivity contribution is -0.0436. The van der Waals surface area contributed by atoms with E-state index in [2.05, 4.69) is 31.9 Å². The number of halogens is 5. The van der Waals surface area contributed by atoms with Crippen LogP contribution in [0.2, 0.25) is 0 Å². The molecule has 0 fully saturated rings. The molecular weight excluding hydrogens is 379 g/mol. The van der Waals surface area contributed by atoms with Crippen molar-refractivity contribution >= 4 is 47.4 Å². The van der Waals surface area contributed by atoms with E-state index in [9.17, 15) is 21.6 Å². The van der Waals surface area contributed by atoms with Gasteiger partial charge in [0.15, 0.2) is 0 Å². The number of hydrogen-bond acceptors (Lipinski definition) is 3. The van der Waals surface area contributed by atoms with Gasteiger partial charge in [0, 0.05) is 8.95 Å². The summed E-state index contributed by atoms with van der Waals surface area (Å²) in [6.07, 6.45) is 0. The minimum atomic E-state index is -5.35. The van der Waals surface area contributed by atoms with Gasteiger partial charge in [-0.15, -0.1) is 0 Å². The first kappa shape index (κ1) is 13.8. The van der Waals surface area contributed by atoms with Crippen molar-refractivity contribution < 1.29 is 21.6 Å². The SMILES string of the molecule is Nc1c(Br)cc(S(=O)(=O)C(F)(F)F)cc1Br. The molecule has 0 unspecified atom stereocenters. The number of sulfone groups is 1. The number of nitrogen functional groups attached to an aromatic ring is 1. The molecule has 0 amide bonds. The van der Waals surface area contributed by atoms with Crippen LogP contribution < -0.4 is 5.73 Å². The van der Waals surface area contributed by atoms with Crippen LogP contribution in [0.15, 0.2) is 26.0 Å². The predicted octanol–water partition coefficient (Wildman–Crippen LogP) is 3.09. The zero-order chi connectivity index (χ0) is 12.7. The highest BCUT2D eigenvalue weighted by molar-refractivity contribution is 9.11. The molecule has 1 aromatic carbocycles. The fourth-order valence-corrected chi connectivity index (χ4v) is 3.15. The summed E-state index contributed by atoms with van der Waals surface area (Å²) in [6, 6.07) is 1.62. The van der Waals surface area contributed by atoms with Crippen LogP contribution in [0, 0.1) is 0 Å². The van der Waals surface area contributed by atoms with Gasteiger partial charge in [0.1, 0.15) is 0 Å². The summed E-state index contributed by atoms with van der Waals surface area (Å²) >= 11 is 5.74. The average Bonchev–Trinajstić information content (AvgIpc) is 2.11. The van der Waals surface area contributed by atoms with E-state index in [0.717, 1.165) is 12.1 Å². The van der Waals surface area contributed by atoms with Crippen molar-refractivity contribution in [3.05, 3.63) is 21.1 Å². The first-order valence-electron chi connectivity index (χ1n) is 3.63. The zero-order valence-corrected chi connectivity index (χ0v) is 11.3. The third-order valence-electron chi connectivity index (χ3n) is 1.67. The highest BCUT2D eigenvalue weighted by Crippen LogP contribution is 2.36. The summed E-state index contributed by atoms with van der Waals surface area (Å²) in [5.41, 5.74) is 0.228. The summed E-state index contributed by atoms with van der Waals surface area (Å²) in [7, 11) is -5.35. The molecule has 0 heterocycles. The predicted molar refractivity (Wildman–Crippen MR) is 59.5 cm³/mol. The van der Waals surface area contributed by atoms with E-state index < -0.39 is 20.2 Å². The lowest BCUT2D eigenvalue weighted by atomic mass is 10.3. The summed E-state index contributed by atoms with van der Waals surface area (Å²) in [5, 5.41) is 0. The van der Waals surface area contributed by atoms with E-state index in [1.54, 1.807) is 0 Å². The Morgan fingerprint density at radius 2 is 1.50 bits per heavy atom. The number of hydrogen-bond donors (Lipinski definition) is 1. The highest BCUT2D eigenvalue weighted by Gasteiger charge is 2.47. The molecule has 0 aliphatic heterocycles. The molecule has 9 heteroatoms. The van der Waals surface area contributed by atoms with Gasteiger partial charge in [-0.3, -0.25) is 0 Å². The lowest BCUT2D eigenvalue weighted by Gasteiger charge is -2.10. The van der Waals surface area contributed by atoms with Crippen LogP contribution in [0.1, 0.15) is 0 Å². The number of anilines is 1. The van der Waals surface area contributed by atoms with Crippen LogP contribution in [-0.2, 0) is 9.84 Å². The van der Waals surface area contributed by atoms with Gasteiger partial charge in [-0.2, -0.15) is 13.2 Å². The van der Waals surface area contributed by atoms with Crippen LogP contribution in [0.4, 0.5) is 18.9 Å². The molecule has 3 nitrogen and oxygen atoms in total. The van der Waals surface area contributed by atoms with E-state index in [1.807, 2.05) is 0 Å². The fraction of sp³-hybridized carbons (Fsp3) is 0.143. The zero-order valence-electron chi connectivity index (χ0n) is 7.35. The first-order chi connectivity index (χ1) is 7.07. The van der Waals surface area contributed by atoms with Gasteiger partial charge in [-0.25, -0.2) is 8.42 Å². The second kappa shape index (κ2) is 4.19. The molecule has 0 bridgehead atoms. The smallest absolute Gasteiger partial charge is 0.397 e. The third-order valence-corrected chi connectivity index (χ3v) is 4.45. The van der Waals surface area contributed by atoms with Crippen LogP contribution >= 0.6 is 31.9 Å². The van der Waals surface area contributed by atoms with Gasteiger partial charge < -0.3 is 5.73 Å². The van der Waals surface area contributed by atoms with Gasteiger partial charge in [0.2, 0.25) is 0 Å². The van der Waals surface area contributed by atoms with Gasteiger partial charge in [-0.1, -0.05) is 0 Å². The number of rotatable bonds is 1. The van der Waals surface area contributed by atoms with Crippen molar-refractivity contribution in [3.63, 3.8) is 0 Å². The first-order valence-corrected chi connectivity index (χ1v) is 6.70. The summed E-state index contributed by atoms with van der Waals surface area (Å²) in [4.78, 5) is -0.868. The Balaban J connectivity index is 3.49. The quantitative estimate of drug-likeness (QED) is 0.759. The Morgan fingerprint density at radius 1 is 1.12 bits per heavy atom. The van der Waals surface area contributed by atoms with E-state index in [0.29, 0.717) is 0 Å². The molecule has 2 N–H and O–H groups in total. The van der Waals surface area contributed by atoms with Gasteiger partial charge in [0.25, 0.3) is 9.84 Å². The minimum absolute atomic E-state index is 0.0738. The Morgan fingerprint density at radius 3 is 1.81 bits per heavy atom. The summed E-state index contributed by atoms with van der Waals surface area (Å²) in [6.45, 7) is 0. The van der Waals surface area contributed by atoms with Crippen LogP contribution in [0.3, 0.4) is 0 Å². The maximum atomic E-state index is 12.2. The van der Waals surface area contributed by atoms with Crippen molar-refractivity contribution in [2.45, 2.75) is 10.4 Å². The summed E-state index contributed by atoms with van der Waals surface area (Å²) < 4.78 is 59.0. The number of nitrogens with two attached hydrogens (primary N) is 1. The highest BCUT2D eigenvalue weighted by atomic mass is 79.9. The Labute approximate surface area is 106 Å². The van der Waals surface area contributed by atoms with Crippen LogP contribution in [0.25, 0.3) is 0 Å². The van der Waals surface area contributed by atoms with Gasteiger partial charge in [-0.05, 0) is 44.0 Å². The Hall–Kier alpha value is -0.280. The van der Waals surface area contributed by atoms with Crippen molar-refractivity contribution in [2.75, 3.05) is 5.73 Å². The van der Waals surface area contributed by atoms with Gasteiger partial charge >= 0.3 is 5.51 Å². The minimum Gasteiger partial charge on any atom is -0.397 e. The molecule has 0 aliphatic carbocycles. The van der Waals surface area contributed by atoms with E-state index in [-0.39, 0.29) is 14.6 Å². The molecule has 0 atom stereocenters. The summed E-state index contributed by atoms with van der Waals surface area (Å²) in [5.74, 6) is 0. The molecule has 0 radical (unpaired) electrons. The molecule has 0 saturated carbocycles. The standard InChI is InChI=1S/C7H4Br2F3NO2S/c8-4-1-3(2-5(9)6(4)13)16(14,15)7(10,11)12/h1-2H,13H2. The molecule has 16 heavy (non-hydrogen) atoms. The topological polar surface area (TPSA) is 60.2 Å². The third kappa shape index (κ3) is 2.35. The largest absolute Gasteiger partial charge is 0.501 e.